The topological polar surface area (TPSA) is 70.4 Å². The Morgan fingerprint density at radius 3 is 2.54 bits per heavy atom. The van der Waals surface area contributed by atoms with Crippen molar-refractivity contribution in [2.75, 3.05) is 6.61 Å². The smallest absolute Gasteiger partial charge is 0.434 e. The molecular formula is C17H16F3NO3. The summed E-state index contributed by atoms with van der Waals surface area (Å²) in [6.07, 6.45) is -3.11. The first-order valence-corrected chi connectivity index (χ1v) is 7.25. The highest BCUT2D eigenvalue weighted by atomic mass is 19.4. The predicted molar refractivity (Wildman–Crippen MR) is 80.9 cm³/mol. The van der Waals surface area contributed by atoms with Crippen molar-refractivity contribution < 1.29 is 28.2 Å². The van der Waals surface area contributed by atoms with Crippen LogP contribution in [0.2, 0.25) is 0 Å². The molecule has 0 amide bonds. The zero-order chi connectivity index (χ0) is 17.9. The Hall–Kier alpha value is -2.41. The first kappa shape index (κ1) is 17.9. The summed E-state index contributed by atoms with van der Waals surface area (Å²) in [5.74, 6) is -1.33. The Morgan fingerprint density at radius 2 is 1.92 bits per heavy atom. The third-order valence-electron chi connectivity index (χ3n) is 3.48. The molecule has 0 fully saturated rings. The molecule has 128 valence electrons. The molecule has 2 rings (SSSR count). The van der Waals surface area contributed by atoms with Crippen LogP contribution in [0, 0.1) is 6.92 Å². The Labute approximate surface area is 136 Å². The standard InChI is InChI=1S/C17H16F3NO3/c1-10-4-5-14(23)12(7-10)15(24)13-8-11(3-2-6-22)9-21-16(13)17(18,19)20/h4-5,7-9,22-23H,2-3,6H2,1H3. The number of alkyl halides is 3. The first-order valence-electron chi connectivity index (χ1n) is 7.25. The van der Waals surface area contributed by atoms with Crippen LogP contribution in [-0.2, 0) is 12.6 Å². The predicted octanol–water partition coefficient (Wildman–Crippen LogP) is 3.27. The van der Waals surface area contributed by atoms with Gasteiger partial charge < -0.3 is 10.2 Å². The van der Waals surface area contributed by atoms with E-state index in [0.717, 1.165) is 12.3 Å². The molecule has 0 radical (unpaired) electrons. The Morgan fingerprint density at radius 1 is 1.21 bits per heavy atom. The van der Waals surface area contributed by atoms with Crippen LogP contribution in [0.3, 0.4) is 0 Å². The molecule has 1 heterocycles. The van der Waals surface area contributed by atoms with Crippen LogP contribution in [0.25, 0.3) is 0 Å². The molecule has 2 aromatic rings. The van der Waals surface area contributed by atoms with Gasteiger partial charge in [-0.2, -0.15) is 13.2 Å². The third-order valence-corrected chi connectivity index (χ3v) is 3.48. The molecule has 1 aromatic carbocycles. The fraction of sp³-hybridized carbons (Fsp3) is 0.294. The number of aliphatic hydroxyl groups excluding tert-OH is 1. The van der Waals surface area contributed by atoms with E-state index in [1.54, 1.807) is 13.0 Å². The van der Waals surface area contributed by atoms with Gasteiger partial charge in [-0.25, -0.2) is 0 Å². The molecule has 2 N–H and O–H groups in total. The molecule has 24 heavy (non-hydrogen) atoms. The van der Waals surface area contributed by atoms with Crippen LogP contribution in [0.1, 0.15) is 39.2 Å². The maximum Gasteiger partial charge on any atom is 0.434 e. The van der Waals surface area contributed by atoms with Gasteiger partial charge in [0.05, 0.1) is 11.1 Å². The molecule has 4 nitrogen and oxygen atoms in total. The van der Waals surface area contributed by atoms with Crippen molar-refractivity contribution in [3.63, 3.8) is 0 Å². The lowest BCUT2D eigenvalue weighted by molar-refractivity contribution is -0.141. The van der Waals surface area contributed by atoms with Crippen LogP contribution in [0.15, 0.2) is 30.5 Å². The summed E-state index contributed by atoms with van der Waals surface area (Å²) in [5.41, 5.74) is -1.07. The largest absolute Gasteiger partial charge is 0.507 e. The van der Waals surface area contributed by atoms with Crippen LogP contribution < -0.4 is 0 Å². The number of nitrogens with zero attached hydrogens (tertiary/aromatic N) is 1. The van der Waals surface area contributed by atoms with Crippen molar-refractivity contribution in [3.8, 4) is 5.75 Å². The molecule has 0 unspecified atom stereocenters. The van der Waals surface area contributed by atoms with Crippen molar-refractivity contribution in [2.45, 2.75) is 25.9 Å². The van der Waals surface area contributed by atoms with E-state index in [1.165, 1.54) is 12.1 Å². The second-order valence-corrected chi connectivity index (χ2v) is 5.41. The number of aliphatic hydroxyl groups is 1. The van der Waals surface area contributed by atoms with Gasteiger partial charge in [-0.1, -0.05) is 11.6 Å². The quantitative estimate of drug-likeness (QED) is 0.820. The van der Waals surface area contributed by atoms with E-state index in [0.29, 0.717) is 24.0 Å². The second-order valence-electron chi connectivity index (χ2n) is 5.41. The minimum absolute atomic E-state index is 0.122. The summed E-state index contributed by atoms with van der Waals surface area (Å²) in [6.45, 7) is 1.54. The molecule has 0 aliphatic carbocycles. The summed E-state index contributed by atoms with van der Waals surface area (Å²) in [7, 11) is 0. The number of aromatic nitrogens is 1. The van der Waals surface area contributed by atoms with Crippen molar-refractivity contribution in [1.82, 2.24) is 4.98 Å². The molecule has 1 aromatic heterocycles. The number of benzene rings is 1. The number of phenolic OH excluding ortho intramolecular Hbond substituents is 1. The molecular weight excluding hydrogens is 323 g/mol. The number of aryl methyl sites for hydroxylation is 2. The van der Waals surface area contributed by atoms with E-state index >= 15 is 0 Å². The average Bonchev–Trinajstić information content (AvgIpc) is 2.53. The summed E-state index contributed by atoms with van der Waals surface area (Å²) in [5, 5.41) is 18.7. The van der Waals surface area contributed by atoms with Gasteiger partial charge in [0.2, 0.25) is 0 Å². The molecule has 0 aliphatic rings. The van der Waals surface area contributed by atoms with Crippen LogP contribution in [0.4, 0.5) is 13.2 Å². The highest BCUT2D eigenvalue weighted by Gasteiger charge is 2.37. The van der Waals surface area contributed by atoms with E-state index < -0.39 is 23.2 Å². The molecule has 0 saturated carbocycles. The lowest BCUT2D eigenvalue weighted by Crippen LogP contribution is -2.17. The van der Waals surface area contributed by atoms with Gasteiger partial charge in [-0.3, -0.25) is 9.78 Å². The van der Waals surface area contributed by atoms with E-state index in [1.807, 2.05) is 0 Å². The summed E-state index contributed by atoms with van der Waals surface area (Å²) >= 11 is 0. The van der Waals surface area contributed by atoms with Crippen LogP contribution in [0.5, 0.6) is 5.75 Å². The monoisotopic (exact) mass is 339 g/mol. The summed E-state index contributed by atoms with van der Waals surface area (Å²) in [6, 6.07) is 5.26. The van der Waals surface area contributed by atoms with Crippen molar-refractivity contribution in [1.29, 1.82) is 0 Å². The van der Waals surface area contributed by atoms with E-state index in [9.17, 15) is 23.1 Å². The van der Waals surface area contributed by atoms with Crippen molar-refractivity contribution in [2.24, 2.45) is 0 Å². The maximum absolute atomic E-state index is 13.2. The van der Waals surface area contributed by atoms with E-state index in [4.69, 9.17) is 5.11 Å². The highest BCUT2D eigenvalue weighted by Crippen LogP contribution is 2.33. The zero-order valence-corrected chi connectivity index (χ0v) is 12.9. The molecule has 0 spiro atoms. The number of ketones is 1. The highest BCUT2D eigenvalue weighted by molar-refractivity contribution is 6.11. The number of halogens is 3. The van der Waals surface area contributed by atoms with Crippen molar-refractivity contribution in [3.05, 3.63) is 58.4 Å². The molecule has 0 saturated heterocycles. The summed E-state index contributed by atoms with van der Waals surface area (Å²) in [4.78, 5) is 16.0. The zero-order valence-electron chi connectivity index (χ0n) is 12.9. The number of aromatic hydroxyl groups is 1. The Bertz CT molecular complexity index is 757. The Kier molecular flexibility index (Phi) is 5.23. The number of hydrogen-bond acceptors (Lipinski definition) is 4. The first-order chi connectivity index (χ1) is 11.2. The van der Waals surface area contributed by atoms with Gasteiger partial charge in [0.15, 0.2) is 11.5 Å². The molecule has 0 bridgehead atoms. The molecule has 0 atom stereocenters. The number of carbonyl (C=O) groups is 1. The summed E-state index contributed by atoms with van der Waals surface area (Å²) < 4.78 is 39.5. The van der Waals surface area contributed by atoms with Crippen LogP contribution in [-0.4, -0.2) is 27.6 Å². The van der Waals surface area contributed by atoms with Gasteiger partial charge in [0.25, 0.3) is 0 Å². The van der Waals surface area contributed by atoms with E-state index in [-0.39, 0.29) is 17.9 Å². The minimum atomic E-state index is -4.79. The average molecular weight is 339 g/mol. The lowest BCUT2D eigenvalue weighted by Gasteiger charge is -2.13. The second kappa shape index (κ2) is 7.00. The number of hydrogen-bond donors (Lipinski definition) is 2. The van der Waals surface area contributed by atoms with Crippen molar-refractivity contribution >= 4 is 5.78 Å². The number of rotatable bonds is 5. The fourth-order valence-corrected chi connectivity index (χ4v) is 2.30. The number of pyridine rings is 1. The SMILES string of the molecule is Cc1ccc(O)c(C(=O)c2cc(CCCO)cnc2C(F)(F)F)c1. The normalized spacial score (nSPS) is 11.5. The molecule has 7 heteroatoms. The lowest BCUT2D eigenvalue weighted by atomic mass is 9.97. The fourth-order valence-electron chi connectivity index (χ4n) is 2.30. The van der Waals surface area contributed by atoms with Gasteiger partial charge in [0, 0.05) is 12.8 Å². The minimum Gasteiger partial charge on any atom is -0.507 e. The van der Waals surface area contributed by atoms with E-state index in [2.05, 4.69) is 4.98 Å². The molecule has 0 aliphatic heterocycles. The Balaban J connectivity index is 2.56. The van der Waals surface area contributed by atoms with Gasteiger partial charge in [-0.15, -0.1) is 0 Å². The van der Waals surface area contributed by atoms with Gasteiger partial charge in [-0.05, 0) is 43.5 Å². The number of phenols is 1. The maximum atomic E-state index is 13.2. The van der Waals surface area contributed by atoms with Crippen LogP contribution >= 0.6 is 0 Å². The third kappa shape index (κ3) is 3.91. The van der Waals surface area contributed by atoms with Gasteiger partial charge in [0.1, 0.15) is 5.75 Å². The van der Waals surface area contributed by atoms with Gasteiger partial charge >= 0.3 is 6.18 Å². The number of carbonyl (C=O) groups excluding carboxylic acids is 1.